The van der Waals surface area contributed by atoms with Crippen molar-refractivity contribution in [2.24, 2.45) is 5.92 Å². The van der Waals surface area contributed by atoms with E-state index in [1.54, 1.807) is 0 Å². The third-order valence-corrected chi connectivity index (χ3v) is 2.97. The first-order valence-corrected chi connectivity index (χ1v) is 6.23. The second-order valence-corrected chi connectivity index (χ2v) is 4.81. The highest BCUT2D eigenvalue weighted by atomic mass is 16.6. The second kappa shape index (κ2) is 6.09. The lowest BCUT2D eigenvalue weighted by Crippen LogP contribution is -2.50. The fourth-order valence-electron chi connectivity index (χ4n) is 2.15. The van der Waals surface area contributed by atoms with Gasteiger partial charge in [-0.15, -0.1) is 0 Å². The van der Waals surface area contributed by atoms with Gasteiger partial charge in [0.05, 0.1) is 6.10 Å². The number of hydrogen-bond donors (Lipinski definition) is 1. The van der Waals surface area contributed by atoms with Gasteiger partial charge in [-0.1, -0.05) is 13.8 Å². The third kappa shape index (κ3) is 3.67. The normalized spacial score (nSPS) is 25.9. The van der Waals surface area contributed by atoms with Crippen LogP contribution in [-0.4, -0.2) is 42.8 Å². The Hall–Kier alpha value is -0.770. The average molecular weight is 228 g/mol. The van der Waals surface area contributed by atoms with E-state index in [0.717, 1.165) is 26.1 Å². The summed E-state index contributed by atoms with van der Waals surface area (Å²) in [6, 6.07) is 0.535. The Bertz CT molecular complexity index is 231. The average Bonchev–Trinajstić information content (AvgIpc) is 2.20. The van der Waals surface area contributed by atoms with Gasteiger partial charge in [-0.25, -0.2) is 4.79 Å². The molecule has 1 rings (SSSR count). The minimum absolute atomic E-state index is 0.0331. The predicted molar refractivity (Wildman–Crippen MR) is 64.4 cm³/mol. The van der Waals surface area contributed by atoms with Crippen LogP contribution < -0.4 is 5.32 Å². The van der Waals surface area contributed by atoms with Gasteiger partial charge in [0.15, 0.2) is 0 Å². The first-order valence-electron chi connectivity index (χ1n) is 6.23. The number of carbonyl (C=O) groups is 1. The molecular weight excluding hydrogens is 204 g/mol. The molecule has 16 heavy (non-hydrogen) atoms. The van der Waals surface area contributed by atoms with Crippen LogP contribution >= 0.6 is 0 Å². The van der Waals surface area contributed by atoms with E-state index >= 15 is 0 Å². The molecule has 0 aliphatic carbocycles. The van der Waals surface area contributed by atoms with E-state index in [0.29, 0.717) is 12.0 Å². The first kappa shape index (κ1) is 13.3. The van der Waals surface area contributed by atoms with E-state index in [4.69, 9.17) is 4.74 Å². The number of amides is 1. The smallest absolute Gasteiger partial charge is 0.410 e. The summed E-state index contributed by atoms with van der Waals surface area (Å²) < 4.78 is 5.20. The number of rotatable bonds is 3. The number of carbonyl (C=O) groups excluding carboxylic acids is 1. The van der Waals surface area contributed by atoms with E-state index < -0.39 is 0 Å². The first-order chi connectivity index (χ1) is 7.54. The molecule has 0 bridgehead atoms. The van der Waals surface area contributed by atoms with Gasteiger partial charge in [0.1, 0.15) is 0 Å². The third-order valence-electron chi connectivity index (χ3n) is 2.97. The van der Waals surface area contributed by atoms with Crippen LogP contribution in [0.15, 0.2) is 0 Å². The van der Waals surface area contributed by atoms with Crippen LogP contribution in [0.3, 0.4) is 0 Å². The molecule has 0 aromatic carbocycles. The number of hydrogen-bond acceptors (Lipinski definition) is 3. The summed E-state index contributed by atoms with van der Waals surface area (Å²) in [5.41, 5.74) is 0. The number of ether oxygens (including phenoxy) is 1. The van der Waals surface area contributed by atoms with Gasteiger partial charge in [0, 0.05) is 19.1 Å². The van der Waals surface area contributed by atoms with Crippen molar-refractivity contribution in [1.29, 1.82) is 0 Å². The highest BCUT2D eigenvalue weighted by molar-refractivity contribution is 5.67. The molecule has 2 atom stereocenters. The number of piperidine rings is 1. The molecule has 1 heterocycles. The number of likely N-dealkylation sites (tertiary alicyclic amines) is 1. The van der Waals surface area contributed by atoms with Gasteiger partial charge in [-0.2, -0.15) is 0 Å². The zero-order valence-corrected chi connectivity index (χ0v) is 10.8. The topological polar surface area (TPSA) is 41.6 Å². The molecule has 0 aromatic rings. The van der Waals surface area contributed by atoms with Gasteiger partial charge in [-0.3, -0.25) is 0 Å². The van der Waals surface area contributed by atoms with Crippen LogP contribution in [0.5, 0.6) is 0 Å². The van der Waals surface area contributed by atoms with Gasteiger partial charge in [-0.05, 0) is 32.7 Å². The molecule has 1 N–H and O–H groups in total. The highest BCUT2D eigenvalue weighted by Crippen LogP contribution is 2.17. The number of nitrogens with one attached hydrogen (secondary N) is 1. The van der Waals surface area contributed by atoms with Crippen molar-refractivity contribution in [3.05, 3.63) is 0 Å². The minimum Gasteiger partial charge on any atom is -0.447 e. The molecule has 1 aliphatic heterocycles. The molecule has 1 amide bonds. The van der Waals surface area contributed by atoms with Gasteiger partial charge < -0.3 is 15.0 Å². The largest absolute Gasteiger partial charge is 0.447 e. The van der Waals surface area contributed by atoms with Crippen molar-refractivity contribution >= 4 is 6.09 Å². The Labute approximate surface area is 98.3 Å². The Kier molecular flexibility index (Phi) is 5.06. The van der Waals surface area contributed by atoms with Crippen LogP contribution in [0.4, 0.5) is 4.79 Å². The SMILES string of the molecule is CCNC1CCN(C(=O)OC(C)C)CC1C. The summed E-state index contributed by atoms with van der Waals surface area (Å²) >= 11 is 0. The van der Waals surface area contributed by atoms with Gasteiger partial charge in [0.25, 0.3) is 0 Å². The summed E-state index contributed by atoms with van der Waals surface area (Å²) in [6.07, 6.45) is 0.813. The molecule has 0 spiro atoms. The predicted octanol–water partition coefficient (Wildman–Crippen LogP) is 1.85. The lowest BCUT2D eigenvalue weighted by molar-refractivity contribution is 0.0583. The van der Waals surface area contributed by atoms with Gasteiger partial charge >= 0.3 is 6.09 Å². The van der Waals surface area contributed by atoms with Crippen molar-refractivity contribution < 1.29 is 9.53 Å². The molecule has 4 heteroatoms. The van der Waals surface area contributed by atoms with Crippen LogP contribution in [-0.2, 0) is 4.74 Å². The summed E-state index contributed by atoms with van der Waals surface area (Å²) in [6.45, 7) is 10.6. The molecular formula is C12H24N2O2. The molecule has 0 radical (unpaired) electrons. The van der Waals surface area contributed by atoms with Crippen molar-refractivity contribution in [2.75, 3.05) is 19.6 Å². The molecule has 1 saturated heterocycles. The second-order valence-electron chi connectivity index (χ2n) is 4.81. The maximum absolute atomic E-state index is 11.7. The Morgan fingerprint density at radius 2 is 2.25 bits per heavy atom. The van der Waals surface area contributed by atoms with E-state index in [1.165, 1.54) is 0 Å². The summed E-state index contributed by atoms with van der Waals surface area (Å²) in [7, 11) is 0. The summed E-state index contributed by atoms with van der Waals surface area (Å²) in [5.74, 6) is 0.494. The molecule has 0 saturated carbocycles. The molecule has 1 aliphatic rings. The summed E-state index contributed by atoms with van der Waals surface area (Å²) in [5, 5.41) is 3.46. The highest BCUT2D eigenvalue weighted by Gasteiger charge is 2.28. The van der Waals surface area contributed by atoms with E-state index in [-0.39, 0.29) is 12.2 Å². The molecule has 2 unspecified atom stereocenters. The fourth-order valence-corrected chi connectivity index (χ4v) is 2.15. The zero-order valence-electron chi connectivity index (χ0n) is 10.8. The minimum atomic E-state index is -0.170. The molecule has 4 nitrogen and oxygen atoms in total. The quantitative estimate of drug-likeness (QED) is 0.801. The standard InChI is InChI=1S/C12H24N2O2/c1-5-13-11-6-7-14(8-10(11)4)12(15)16-9(2)3/h9-11,13H,5-8H2,1-4H3. The molecule has 0 aromatic heterocycles. The Morgan fingerprint density at radius 3 is 2.75 bits per heavy atom. The van der Waals surface area contributed by atoms with Crippen LogP contribution in [0.25, 0.3) is 0 Å². The van der Waals surface area contributed by atoms with Crippen molar-refractivity contribution in [1.82, 2.24) is 10.2 Å². The van der Waals surface area contributed by atoms with E-state index in [9.17, 15) is 4.79 Å². The maximum atomic E-state index is 11.7. The van der Waals surface area contributed by atoms with Crippen molar-refractivity contribution in [2.45, 2.75) is 46.3 Å². The summed E-state index contributed by atoms with van der Waals surface area (Å²) in [4.78, 5) is 13.5. The van der Waals surface area contributed by atoms with E-state index in [2.05, 4.69) is 19.2 Å². The lowest BCUT2D eigenvalue weighted by atomic mass is 9.94. The van der Waals surface area contributed by atoms with Crippen molar-refractivity contribution in [3.63, 3.8) is 0 Å². The van der Waals surface area contributed by atoms with Crippen LogP contribution in [0.2, 0.25) is 0 Å². The van der Waals surface area contributed by atoms with Crippen LogP contribution in [0.1, 0.15) is 34.1 Å². The fraction of sp³-hybridized carbons (Fsp3) is 0.917. The Balaban J connectivity index is 2.41. The lowest BCUT2D eigenvalue weighted by Gasteiger charge is -2.36. The molecule has 94 valence electrons. The monoisotopic (exact) mass is 228 g/mol. The van der Waals surface area contributed by atoms with Crippen LogP contribution in [0, 0.1) is 5.92 Å². The molecule has 1 fully saturated rings. The Morgan fingerprint density at radius 1 is 1.56 bits per heavy atom. The van der Waals surface area contributed by atoms with Gasteiger partial charge in [0.2, 0.25) is 0 Å². The van der Waals surface area contributed by atoms with Crippen molar-refractivity contribution in [3.8, 4) is 0 Å². The number of nitrogens with zero attached hydrogens (tertiary/aromatic N) is 1. The zero-order chi connectivity index (χ0) is 12.1. The van der Waals surface area contributed by atoms with E-state index in [1.807, 2.05) is 18.7 Å². The maximum Gasteiger partial charge on any atom is 0.410 e.